The van der Waals surface area contributed by atoms with Crippen molar-refractivity contribution in [2.24, 2.45) is 16.8 Å². The molecule has 0 bridgehead atoms. The highest BCUT2D eigenvalue weighted by Gasteiger charge is 2.40. The van der Waals surface area contributed by atoms with Crippen molar-refractivity contribution in [2.45, 2.75) is 69.9 Å². The number of hydrogen-bond donors (Lipinski definition) is 7. The second-order valence-corrected chi connectivity index (χ2v) is 29.4. The average Bonchev–Trinajstić information content (AvgIpc) is 4.33. The highest BCUT2D eigenvalue weighted by atomic mass is 35.5. The maximum absolute atomic E-state index is 12.2. The van der Waals surface area contributed by atoms with Gasteiger partial charge in [0.25, 0.3) is 10.2 Å². The lowest BCUT2D eigenvalue weighted by Crippen LogP contribution is -2.62. The summed E-state index contributed by atoms with van der Waals surface area (Å²) >= 11 is 24.6. The molecule has 31 heteroatoms. The summed E-state index contributed by atoms with van der Waals surface area (Å²) in [5, 5.41) is 39.9. The maximum atomic E-state index is 12.2. The Hall–Kier alpha value is -5.56. The first-order chi connectivity index (χ1) is 40.3. The number of aromatic amines is 4. The molecule has 24 nitrogen and oxygen atoms in total. The van der Waals surface area contributed by atoms with Crippen LogP contribution >= 0.6 is 46.4 Å². The average molecular weight is 1310 g/mol. The van der Waals surface area contributed by atoms with Crippen molar-refractivity contribution in [3.8, 4) is 0 Å². The van der Waals surface area contributed by atoms with Crippen molar-refractivity contribution in [1.82, 2.24) is 54.1 Å². The number of methoxy groups -OCH3 is 1. The summed E-state index contributed by atoms with van der Waals surface area (Å²) in [6.07, 6.45) is 13.3. The van der Waals surface area contributed by atoms with Crippen LogP contribution in [0, 0.1) is 5.92 Å². The number of sulfonamides is 2. The van der Waals surface area contributed by atoms with E-state index in [4.69, 9.17) is 62.0 Å². The number of H-pyrrole nitrogens is 4. The Morgan fingerprint density at radius 3 is 1.58 bits per heavy atom. The molecule has 460 valence electrons. The van der Waals surface area contributed by atoms with Crippen LogP contribution in [0.15, 0.2) is 73.3 Å². The van der Waals surface area contributed by atoms with Gasteiger partial charge >= 0.3 is 0 Å². The predicted octanol–water partition coefficient (Wildman–Crippen LogP) is 7.34. The van der Waals surface area contributed by atoms with Crippen LogP contribution in [0.4, 0.5) is 17.1 Å². The Kier molecular flexibility index (Phi) is 20.2. The van der Waals surface area contributed by atoms with Gasteiger partial charge in [0.05, 0.1) is 65.5 Å². The minimum absolute atomic E-state index is 0.00438. The van der Waals surface area contributed by atoms with E-state index in [9.17, 15) is 30.0 Å². The zero-order chi connectivity index (χ0) is 61.0. The highest BCUT2D eigenvalue weighted by molar-refractivity contribution is 7.89. The second-order valence-electron chi connectivity index (χ2n) is 22.3. The van der Waals surface area contributed by atoms with Crippen LogP contribution in [0.5, 0.6) is 0 Å². The number of aromatic nitrogens is 8. The lowest BCUT2D eigenvalue weighted by Gasteiger charge is -2.46. The third kappa shape index (κ3) is 15.8. The molecule has 4 aliphatic heterocycles. The Morgan fingerprint density at radius 1 is 0.635 bits per heavy atom. The Morgan fingerprint density at radius 2 is 1.11 bits per heavy atom. The van der Waals surface area contributed by atoms with Gasteiger partial charge in [-0.1, -0.05) is 46.4 Å². The van der Waals surface area contributed by atoms with Crippen molar-refractivity contribution >= 4 is 143 Å². The van der Waals surface area contributed by atoms with Gasteiger partial charge in [-0.2, -0.15) is 33.1 Å². The summed E-state index contributed by atoms with van der Waals surface area (Å²) < 4.78 is 81.2. The number of carbonyl (C=O) groups excluding carboxylic acids is 1. The van der Waals surface area contributed by atoms with E-state index in [2.05, 4.69) is 60.2 Å². The molecule has 0 aliphatic carbocycles. The maximum Gasteiger partial charge on any atom is 0.277 e. The minimum Gasteiger partial charge on any atom is -0.384 e. The van der Waals surface area contributed by atoms with Crippen LogP contribution in [0.2, 0.25) is 20.1 Å². The fourth-order valence-corrected chi connectivity index (χ4v) is 15.9. The molecule has 4 aromatic heterocycles. The van der Waals surface area contributed by atoms with Gasteiger partial charge in [0.2, 0.25) is 26.0 Å². The van der Waals surface area contributed by atoms with Crippen LogP contribution in [0.1, 0.15) is 63.9 Å². The lowest BCUT2D eigenvalue weighted by atomic mass is 9.88. The van der Waals surface area contributed by atoms with Gasteiger partial charge < -0.3 is 25.2 Å². The largest absolute Gasteiger partial charge is 0.384 e. The monoisotopic (exact) mass is 1310 g/mol. The Bertz CT molecular complexity index is 4000. The van der Waals surface area contributed by atoms with E-state index in [0.717, 1.165) is 124 Å². The van der Waals surface area contributed by atoms with Gasteiger partial charge in [0, 0.05) is 142 Å². The number of hydrogen-bond acceptors (Lipinski definition) is 15. The topological polar surface area (TPSA) is 324 Å². The molecular formula is C54H70Cl4N16O8S3. The molecule has 85 heavy (non-hydrogen) atoms. The molecule has 8 aromatic rings. The van der Waals surface area contributed by atoms with E-state index in [1.165, 1.54) is 17.7 Å². The van der Waals surface area contributed by atoms with Crippen molar-refractivity contribution in [3.05, 3.63) is 99.0 Å². The van der Waals surface area contributed by atoms with Crippen LogP contribution in [0.25, 0.3) is 43.6 Å². The standard InChI is InChI=1S/C15H20ClN3O3S.C13H18ClN5O2S.C13H17ClN4O2S.C13H15ClN4O/c1-22-6-7-23(20,21)19-4-2-11(3-5-19)13-8-12(16)9-15-14(13)10-17-18-15;1-13(2)8-18(3-4-19(13)22(15,20)21)12-6-9(14)5-11-10(12)7-16-17-11;1-21(19,20)17-10-3-2-4-18(8-10)13-6-9(14)5-12-11(13)7-15-16-12;14-9-5-11-10(7-16-17-11)12(6-9)18-3-1-8(2-4-18)13(15)19/h8-11H,2-7H2,1H3,(H,17,18);5-7H,3-4,8H2,1-2H3,(H,16,17)(H2,15,20,21);5-7,10,17H,2-4,8H2,1H3,(H,15,16);5-8H,1-4H2,(H2,15,19)(H,16,17). The smallest absolute Gasteiger partial charge is 0.277 e. The predicted molar refractivity (Wildman–Crippen MR) is 337 cm³/mol. The fourth-order valence-electron chi connectivity index (χ4n) is 11.7. The van der Waals surface area contributed by atoms with Crippen molar-refractivity contribution in [3.63, 3.8) is 0 Å². The van der Waals surface area contributed by atoms with Crippen LogP contribution in [-0.4, -0.2) is 177 Å². The zero-order valence-electron chi connectivity index (χ0n) is 47.4. The SMILES string of the molecule is CC1(C)CN(c2cc(Cl)cc3[nH]ncc23)CCN1S(N)(=O)=O.COCCS(=O)(=O)N1CCC(c2cc(Cl)cc3[nH]ncc23)CC1.CS(=O)(=O)NC1CCCN(c2cc(Cl)cc3[nH]ncc23)C1.NC(=O)C1CCN(c2cc(Cl)cc3[nH]ncc23)CC1. The third-order valence-electron chi connectivity index (χ3n) is 15.7. The molecule has 9 N–H and O–H groups in total. The number of fused-ring (bicyclic) bond motifs is 4. The first-order valence-corrected chi connectivity index (χ1v) is 34.1. The highest BCUT2D eigenvalue weighted by Crippen LogP contribution is 2.38. The van der Waals surface area contributed by atoms with E-state index < -0.39 is 35.8 Å². The first-order valence-electron chi connectivity index (χ1n) is 27.6. The molecule has 4 aromatic carbocycles. The van der Waals surface area contributed by atoms with Crippen molar-refractivity contribution < 1.29 is 34.8 Å². The van der Waals surface area contributed by atoms with Gasteiger partial charge in [-0.25, -0.2) is 31.0 Å². The molecule has 4 fully saturated rings. The van der Waals surface area contributed by atoms with Crippen molar-refractivity contribution in [2.75, 3.05) is 99.3 Å². The van der Waals surface area contributed by atoms with E-state index in [1.54, 1.807) is 22.9 Å². The van der Waals surface area contributed by atoms with Crippen molar-refractivity contribution in [1.29, 1.82) is 0 Å². The number of halogens is 4. The summed E-state index contributed by atoms with van der Waals surface area (Å²) in [6, 6.07) is 15.0. The van der Waals surface area contributed by atoms with Gasteiger partial charge in [-0.3, -0.25) is 25.2 Å². The number of ether oxygens (including phenoxy) is 1. The molecule has 0 radical (unpaired) electrons. The number of piperazine rings is 1. The van der Waals surface area contributed by atoms with E-state index in [-0.39, 0.29) is 30.2 Å². The summed E-state index contributed by atoms with van der Waals surface area (Å²) in [6.45, 7) is 9.54. The second kappa shape index (κ2) is 26.8. The molecule has 4 aliphatic rings. The van der Waals surface area contributed by atoms with Gasteiger partial charge in [0.15, 0.2) is 0 Å². The Labute approximate surface area is 513 Å². The molecule has 4 saturated heterocycles. The summed E-state index contributed by atoms with van der Waals surface area (Å²) in [5.41, 5.74) is 12.5. The number of rotatable bonds is 12. The fraction of sp³-hybridized carbons (Fsp3) is 0.463. The van der Waals surface area contributed by atoms with E-state index >= 15 is 0 Å². The molecular weight excluding hydrogens is 1240 g/mol. The van der Waals surface area contributed by atoms with E-state index in [0.29, 0.717) is 65.3 Å². The van der Waals surface area contributed by atoms with E-state index in [1.807, 2.05) is 68.6 Å². The molecule has 1 amide bonds. The lowest BCUT2D eigenvalue weighted by molar-refractivity contribution is -0.122. The number of amides is 1. The molecule has 1 atom stereocenters. The number of anilines is 3. The zero-order valence-corrected chi connectivity index (χ0v) is 52.8. The number of piperidine rings is 3. The van der Waals surface area contributed by atoms with Crippen LogP contribution in [-0.2, 0) is 39.8 Å². The minimum atomic E-state index is -3.72. The summed E-state index contributed by atoms with van der Waals surface area (Å²) in [5.74, 6) is 0.134. The molecule has 1 unspecified atom stereocenters. The number of nitrogens with two attached hydrogens (primary N) is 2. The van der Waals surface area contributed by atoms with Crippen LogP contribution < -0.4 is 30.3 Å². The molecule has 0 saturated carbocycles. The van der Waals surface area contributed by atoms with Gasteiger partial charge in [-0.15, -0.1) is 0 Å². The molecule has 8 heterocycles. The number of carbonyl (C=O) groups is 1. The summed E-state index contributed by atoms with van der Waals surface area (Å²) in [4.78, 5) is 17.7. The quantitative estimate of drug-likeness (QED) is 0.0629. The van der Waals surface area contributed by atoms with Crippen LogP contribution in [0.3, 0.4) is 0 Å². The number of nitrogens with zero attached hydrogens (tertiary/aromatic N) is 9. The van der Waals surface area contributed by atoms with Gasteiger partial charge in [-0.05, 0) is 112 Å². The third-order valence-corrected chi connectivity index (χ3v) is 20.5. The number of primary amides is 1. The normalized spacial score (nSPS) is 18.7. The number of nitrogens with one attached hydrogen (secondary N) is 5. The number of benzene rings is 4. The first kappa shape index (κ1) is 63.9. The van der Waals surface area contributed by atoms with Gasteiger partial charge in [0.1, 0.15) is 0 Å². The molecule has 12 rings (SSSR count). The molecule has 0 spiro atoms. The Balaban J connectivity index is 0.000000136. The summed E-state index contributed by atoms with van der Waals surface area (Å²) in [7, 11) is -8.62.